The molecular formula is C26H34O2. The summed E-state index contributed by atoms with van der Waals surface area (Å²) in [5.41, 5.74) is 3.70. The van der Waals surface area contributed by atoms with Crippen molar-refractivity contribution >= 4 is 5.78 Å². The minimum absolute atomic E-state index is 0.218. The van der Waals surface area contributed by atoms with Crippen LogP contribution >= 0.6 is 0 Å². The minimum atomic E-state index is 0.218. The van der Waals surface area contributed by atoms with Crippen LogP contribution in [0, 0.1) is 28.6 Å². The average Bonchev–Trinajstić information content (AvgIpc) is 3.11. The van der Waals surface area contributed by atoms with Crippen LogP contribution in [0.3, 0.4) is 0 Å². The normalized spacial score (nSPS) is 39.6. The summed E-state index contributed by atoms with van der Waals surface area (Å²) in [6.45, 7) is 2.58. The van der Waals surface area contributed by atoms with E-state index in [2.05, 4.69) is 37.3 Å². The molecule has 28 heavy (non-hydrogen) atoms. The highest BCUT2D eigenvalue weighted by atomic mass is 16.5. The van der Waals surface area contributed by atoms with Crippen LogP contribution in [-0.2, 0) is 11.2 Å². The Morgan fingerprint density at radius 3 is 2.61 bits per heavy atom. The molecule has 5 atom stereocenters. The molecule has 0 saturated heterocycles. The van der Waals surface area contributed by atoms with Gasteiger partial charge in [0, 0.05) is 6.42 Å². The fourth-order valence-corrected chi connectivity index (χ4v) is 7.79. The number of ether oxygens (including phenoxy) is 1. The van der Waals surface area contributed by atoms with Crippen LogP contribution in [0.4, 0.5) is 0 Å². The highest BCUT2D eigenvalue weighted by molar-refractivity contribution is 5.91. The van der Waals surface area contributed by atoms with Gasteiger partial charge in [-0.05, 0) is 104 Å². The van der Waals surface area contributed by atoms with Crippen molar-refractivity contribution in [2.75, 3.05) is 7.11 Å². The van der Waals surface area contributed by atoms with Gasteiger partial charge in [-0.2, -0.15) is 0 Å². The van der Waals surface area contributed by atoms with E-state index in [4.69, 9.17) is 4.74 Å². The number of benzene rings is 1. The fourth-order valence-electron chi connectivity index (χ4n) is 7.79. The number of methoxy groups -OCH3 is 1. The summed E-state index contributed by atoms with van der Waals surface area (Å²) >= 11 is 0. The van der Waals surface area contributed by atoms with Crippen molar-refractivity contribution < 1.29 is 9.53 Å². The molecule has 0 unspecified atom stereocenters. The Kier molecular flexibility index (Phi) is 4.45. The fraction of sp³-hybridized carbons (Fsp3) is 0.654. The lowest BCUT2D eigenvalue weighted by Crippen LogP contribution is -2.51. The van der Waals surface area contributed by atoms with Crippen LogP contribution in [0.25, 0.3) is 0 Å². The molecule has 5 rings (SSSR count). The van der Waals surface area contributed by atoms with E-state index in [9.17, 15) is 4.79 Å². The number of hydrogen-bond donors (Lipinski definition) is 0. The molecule has 0 bridgehead atoms. The highest BCUT2D eigenvalue weighted by Crippen LogP contribution is 2.66. The predicted octanol–water partition coefficient (Wildman–Crippen LogP) is 6.14. The largest absolute Gasteiger partial charge is 0.497 e. The molecule has 0 radical (unpaired) electrons. The van der Waals surface area contributed by atoms with E-state index in [1.54, 1.807) is 7.11 Å². The number of rotatable bonds is 3. The maximum atomic E-state index is 12.3. The van der Waals surface area contributed by atoms with E-state index >= 15 is 0 Å². The summed E-state index contributed by atoms with van der Waals surface area (Å²) < 4.78 is 5.37. The first-order valence-electron chi connectivity index (χ1n) is 11.4. The Balaban J connectivity index is 1.52. The molecule has 150 valence electrons. The van der Waals surface area contributed by atoms with E-state index in [1.165, 1.54) is 49.7 Å². The number of ketones is 1. The van der Waals surface area contributed by atoms with Crippen LogP contribution in [0.15, 0.2) is 35.9 Å². The summed E-state index contributed by atoms with van der Waals surface area (Å²) in [4.78, 5) is 12.3. The molecule has 1 aromatic rings. The number of hydrogen-bond acceptors (Lipinski definition) is 2. The standard InChI is InChI=1S/C26H34O2/c1-25-13-3-4-23(25)22-10-7-19-16-20(27)11-15-26(19,24(22)12-14-25)17-18-5-8-21(28-2)9-6-18/h5-6,8-9,16,22-24H,3-4,7,10-15,17H2,1-2H3/t22-,23-,24+,25-,26+/m0/s1. The van der Waals surface area contributed by atoms with Crippen molar-refractivity contribution in [3.8, 4) is 5.75 Å². The summed E-state index contributed by atoms with van der Waals surface area (Å²) in [5, 5.41) is 0. The maximum Gasteiger partial charge on any atom is 0.155 e. The molecule has 0 heterocycles. The van der Waals surface area contributed by atoms with Crippen LogP contribution in [-0.4, -0.2) is 12.9 Å². The lowest BCUT2D eigenvalue weighted by molar-refractivity contribution is -0.117. The molecule has 0 aromatic heterocycles. The molecule has 0 spiro atoms. The molecular weight excluding hydrogens is 344 g/mol. The second kappa shape index (κ2) is 6.75. The Bertz CT molecular complexity index is 791. The van der Waals surface area contributed by atoms with Crippen LogP contribution in [0.2, 0.25) is 0 Å². The average molecular weight is 379 g/mol. The predicted molar refractivity (Wildman–Crippen MR) is 112 cm³/mol. The molecule has 2 nitrogen and oxygen atoms in total. The van der Waals surface area contributed by atoms with E-state index in [0.717, 1.165) is 49.2 Å². The van der Waals surface area contributed by atoms with E-state index in [-0.39, 0.29) is 5.41 Å². The molecule has 0 aliphatic heterocycles. The van der Waals surface area contributed by atoms with E-state index < -0.39 is 0 Å². The second-order valence-electron chi connectivity index (χ2n) is 10.3. The first-order chi connectivity index (χ1) is 13.5. The smallest absolute Gasteiger partial charge is 0.155 e. The molecule has 3 fully saturated rings. The first-order valence-corrected chi connectivity index (χ1v) is 11.4. The quantitative estimate of drug-likeness (QED) is 0.631. The van der Waals surface area contributed by atoms with Gasteiger partial charge in [0.15, 0.2) is 5.78 Å². The first kappa shape index (κ1) is 18.5. The maximum absolute atomic E-state index is 12.3. The zero-order valence-electron chi connectivity index (χ0n) is 17.5. The zero-order chi connectivity index (χ0) is 19.4. The molecule has 0 N–H and O–H groups in total. The summed E-state index contributed by atoms with van der Waals surface area (Å²) in [6, 6.07) is 8.68. The van der Waals surface area contributed by atoms with Gasteiger partial charge >= 0.3 is 0 Å². The van der Waals surface area contributed by atoms with Crippen molar-refractivity contribution in [1.29, 1.82) is 0 Å². The monoisotopic (exact) mass is 378 g/mol. The SMILES string of the molecule is COc1ccc(C[C@]23CCC(=O)C=C2CC[C@@H]2[C@H]3CC[C@]3(C)CCC[C@@H]23)cc1. The van der Waals surface area contributed by atoms with Crippen LogP contribution < -0.4 is 4.74 Å². The van der Waals surface area contributed by atoms with Gasteiger partial charge in [0.05, 0.1) is 7.11 Å². The molecule has 2 heteroatoms. The Hall–Kier alpha value is -1.57. The van der Waals surface area contributed by atoms with Crippen LogP contribution in [0.5, 0.6) is 5.75 Å². The van der Waals surface area contributed by atoms with Crippen molar-refractivity contribution in [1.82, 2.24) is 0 Å². The Morgan fingerprint density at radius 2 is 1.82 bits per heavy atom. The third-order valence-electron chi connectivity index (χ3n) is 9.15. The summed E-state index contributed by atoms with van der Waals surface area (Å²) in [5.74, 6) is 3.83. The van der Waals surface area contributed by atoms with Gasteiger partial charge in [-0.25, -0.2) is 0 Å². The third-order valence-corrected chi connectivity index (χ3v) is 9.15. The van der Waals surface area contributed by atoms with Crippen LogP contribution in [0.1, 0.15) is 70.3 Å². The Morgan fingerprint density at radius 1 is 1.00 bits per heavy atom. The van der Waals surface area contributed by atoms with Gasteiger partial charge in [0.2, 0.25) is 0 Å². The zero-order valence-corrected chi connectivity index (χ0v) is 17.5. The molecule has 1 aromatic carbocycles. The number of allylic oxidation sites excluding steroid dienone is 1. The number of carbonyl (C=O) groups is 1. The lowest BCUT2D eigenvalue weighted by atomic mass is 9.46. The van der Waals surface area contributed by atoms with Gasteiger partial charge in [-0.1, -0.05) is 31.1 Å². The summed E-state index contributed by atoms with van der Waals surface area (Å²) in [6.07, 6.45) is 14.5. The number of carbonyl (C=O) groups excluding carboxylic acids is 1. The molecule has 3 saturated carbocycles. The van der Waals surface area contributed by atoms with E-state index in [0.29, 0.717) is 11.2 Å². The minimum Gasteiger partial charge on any atom is -0.497 e. The highest BCUT2D eigenvalue weighted by Gasteiger charge is 2.57. The van der Waals surface area contributed by atoms with Crippen molar-refractivity contribution in [3.63, 3.8) is 0 Å². The Labute approximate surface area is 169 Å². The second-order valence-corrected chi connectivity index (χ2v) is 10.3. The third kappa shape index (κ3) is 2.78. The molecule has 0 amide bonds. The van der Waals surface area contributed by atoms with Gasteiger partial charge in [0.1, 0.15) is 5.75 Å². The van der Waals surface area contributed by atoms with Gasteiger partial charge < -0.3 is 4.74 Å². The topological polar surface area (TPSA) is 26.3 Å². The van der Waals surface area contributed by atoms with Gasteiger partial charge in [-0.15, -0.1) is 0 Å². The lowest BCUT2D eigenvalue weighted by Gasteiger charge is -2.58. The molecule has 4 aliphatic carbocycles. The van der Waals surface area contributed by atoms with Gasteiger partial charge in [-0.3, -0.25) is 4.79 Å². The van der Waals surface area contributed by atoms with Gasteiger partial charge in [0.25, 0.3) is 0 Å². The molecule has 4 aliphatic rings. The summed E-state index contributed by atoms with van der Waals surface area (Å²) in [7, 11) is 1.73. The van der Waals surface area contributed by atoms with Crippen molar-refractivity contribution in [3.05, 3.63) is 41.5 Å². The number of fused-ring (bicyclic) bond motifs is 5. The van der Waals surface area contributed by atoms with E-state index in [1.807, 2.05) is 0 Å². The van der Waals surface area contributed by atoms with Crippen molar-refractivity contribution in [2.45, 2.75) is 71.1 Å². The van der Waals surface area contributed by atoms with Crippen molar-refractivity contribution in [2.24, 2.45) is 28.6 Å².